The van der Waals surface area contributed by atoms with Gasteiger partial charge in [-0.2, -0.15) is 0 Å². The van der Waals surface area contributed by atoms with Gasteiger partial charge in [-0.1, -0.05) is 0 Å². The van der Waals surface area contributed by atoms with Crippen molar-refractivity contribution < 1.29 is 36.5 Å². The van der Waals surface area contributed by atoms with Gasteiger partial charge in [-0.25, -0.2) is 8.78 Å². The van der Waals surface area contributed by atoms with Gasteiger partial charge in [-0.05, 0) is 104 Å². The van der Waals surface area contributed by atoms with E-state index in [4.69, 9.17) is 29.6 Å². The van der Waals surface area contributed by atoms with Crippen molar-refractivity contribution in [3.05, 3.63) is 100 Å². The first-order valence-electron chi connectivity index (χ1n) is 16.2. The highest BCUT2D eigenvalue weighted by Crippen LogP contribution is 2.40. The van der Waals surface area contributed by atoms with Crippen LogP contribution in [0.15, 0.2) is 86.1 Å². The van der Waals surface area contributed by atoms with Crippen molar-refractivity contribution in [3.63, 3.8) is 0 Å². The summed E-state index contributed by atoms with van der Waals surface area (Å²) in [5.41, 5.74) is 15.6. The Morgan fingerprint density at radius 1 is 0.673 bits per heavy atom. The monoisotopic (exact) mass is 772 g/mol. The molecule has 2 amide bonds. The van der Waals surface area contributed by atoms with E-state index in [1.807, 2.05) is 27.7 Å². The van der Waals surface area contributed by atoms with E-state index in [0.717, 1.165) is 0 Å². The Hall–Kier alpha value is -5.18. The molecule has 0 atom stereocenters. The summed E-state index contributed by atoms with van der Waals surface area (Å²) in [6, 6.07) is 18.4. The van der Waals surface area contributed by atoms with Gasteiger partial charge in [-0.15, -0.1) is 0 Å². The van der Waals surface area contributed by atoms with E-state index in [1.54, 1.807) is 62.6 Å². The molecule has 1 fully saturated rings. The summed E-state index contributed by atoms with van der Waals surface area (Å²) < 4.78 is 51.2. The van der Waals surface area contributed by atoms with Gasteiger partial charge >= 0.3 is 7.12 Å². The molecule has 1 saturated heterocycles. The highest BCUT2D eigenvalue weighted by Gasteiger charge is 2.52. The van der Waals surface area contributed by atoms with Gasteiger partial charge in [-0.3, -0.25) is 9.59 Å². The maximum Gasteiger partial charge on any atom is 0.496 e. The summed E-state index contributed by atoms with van der Waals surface area (Å²) in [4.78, 5) is 25.0. The largest absolute Gasteiger partial charge is 0.496 e. The molecule has 2 aromatic heterocycles. The van der Waals surface area contributed by atoms with Gasteiger partial charge < -0.3 is 40.2 Å². The summed E-state index contributed by atoms with van der Waals surface area (Å²) in [7, 11) is 2.41. The van der Waals surface area contributed by atoms with E-state index < -0.39 is 18.3 Å². The second-order valence-corrected chi connectivity index (χ2v) is 14.1. The molecule has 4 aromatic carbocycles. The molecule has 0 radical (unpaired) electrons. The molecule has 0 saturated carbocycles. The predicted molar refractivity (Wildman–Crippen MR) is 202 cm³/mol. The first kappa shape index (κ1) is 36.6. The van der Waals surface area contributed by atoms with Crippen molar-refractivity contribution in [2.24, 2.45) is 0 Å². The number of benzene rings is 4. The van der Waals surface area contributed by atoms with E-state index in [9.17, 15) is 18.4 Å². The summed E-state index contributed by atoms with van der Waals surface area (Å²) >= 11 is 3.35. The Kier molecular flexibility index (Phi) is 9.68. The standard InChI is InChI=1S/C22H24BFN2O4.C16H12BrFN2O2/c1-21(2)22(3,4)30-23(29-21)15-10-14-17(11-16(15)25)28-19(18(14)20(27)26-5)12-6-8-13(24)9-7-12;1-20-16(21)14-10-6-11(17)12(19)7-13(10)22-15(14)8-2-4-9(18)5-3-8/h6-11H,25H2,1-5H3,(H,26,27);2-7H,19H2,1H3,(H,20,21). The molecule has 268 valence electrons. The quantitative estimate of drug-likeness (QED) is 0.104. The van der Waals surface area contributed by atoms with E-state index in [2.05, 4.69) is 26.6 Å². The van der Waals surface area contributed by atoms with Gasteiger partial charge in [0.2, 0.25) is 0 Å². The van der Waals surface area contributed by atoms with Crippen molar-refractivity contribution in [1.29, 1.82) is 0 Å². The van der Waals surface area contributed by atoms with Crippen LogP contribution < -0.4 is 27.6 Å². The number of anilines is 2. The minimum atomic E-state index is -0.680. The van der Waals surface area contributed by atoms with Crippen molar-refractivity contribution in [2.75, 3.05) is 25.6 Å². The summed E-state index contributed by atoms with van der Waals surface area (Å²) in [5.74, 6) is -0.605. The van der Waals surface area contributed by atoms with Crippen LogP contribution in [0.25, 0.3) is 44.6 Å². The number of rotatable bonds is 5. The van der Waals surface area contributed by atoms with Crippen LogP contribution in [0.1, 0.15) is 48.4 Å². The maximum atomic E-state index is 13.4. The number of nitrogen functional groups attached to an aromatic ring is 2. The summed E-state index contributed by atoms with van der Waals surface area (Å²) in [5, 5.41) is 6.45. The van der Waals surface area contributed by atoms with Crippen LogP contribution in [-0.4, -0.2) is 44.2 Å². The number of hydrogen-bond donors (Lipinski definition) is 4. The number of nitrogens with one attached hydrogen (secondary N) is 2. The molecule has 6 N–H and O–H groups in total. The van der Waals surface area contributed by atoms with E-state index in [0.29, 0.717) is 77.0 Å². The van der Waals surface area contributed by atoms with Crippen LogP contribution in [0.5, 0.6) is 0 Å². The van der Waals surface area contributed by atoms with Crippen molar-refractivity contribution in [3.8, 4) is 22.6 Å². The SMILES string of the molecule is CNC(=O)c1c(-c2ccc(F)cc2)oc2cc(N)c(B3OC(C)(C)C(C)(C)O3)cc12.CNC(=O)c1c(-c2ccc(F)cc2)oc2cc(N)c(Br)cc12. The van der Waals surface area contributed by atoms with Crippen LogP contribution in [0.2, 0.25) is 0 Å². The van der Waals surface area contributed by atoms with Gasteiger partial charge in [0, 0.05) is 69.4 Å². The van der Waals surface area contributed by atoms with Crippen molar-refractivity contribution in [1.82, 2.24) is 10.6 Å². The highest BCUT2D eigenvalue weighted by molar-refractivity contribution is 9.10. The predicted octanol–water partition coefficient (Wildman–Crippen LogP) is 7.42. The molecule has 1 aliphatic heterocycles. The number of halogens is 3. The third kappa shape index (κ3) is 6.64. The van der Waals surface area contributed by atoms with Crippen LogP contribution in [0, 0.1) is 11.6 Å². The Morgan fingerprint density at radius 2 is 1.08 bits per heavy atom. The fourth-order valence-electron chi connectivity index (χ4n) is 5.79. The number of carbonyl (C=O) groups is 2. The summed E-state index contributed by atoms with van der Waals surface area (Å²) in [6.45, 7) is 7.84. The number of nitrogens with two attached hydrogens (primary N) is 2. The van der Waals surface area contributed by atoms with Crippen LogP contribution in [-0.2, 0) is 9.31 Å². The normalized spacial score (nSPS) is 14.7. The molecule has 0 bridgehead atoms. The van der Waals surface area contributed by atoms with Gasteiger partial charge in [0.1, 0.15) is 34.3 Å². The van der Waals surface area contributed by atoms with E-state index in [-0.39, 0.29) is 23.4 Å². The molecule has 6 aromatic rings. The number of carbonyl (C=O) groups excluding carboxylic acids is 2. The second kappa shape index (κ2) is 13.8. The van der Waals surface area contributed by atoms with Crippen LogP contribution in [0.4, 0.5) is 20.2 Å². The Morgan fingerprint density at radius 3 is 1.50 bits per heavy atom. The summed E-state index contributed by atoms with van der Waals surface area (Å²) in [6.07, 6.45) is 0. The minimum Gasteiger partial charge on any atom is -0.455 e. The molecule has 14 heteroatoms. The lowest BCUT2D eigenvalue weighted by atomic mass is 9.77. The lowest BCUT2D eigenvalue weighted by Gasteiger charge is -2.32. The van der Waals surface area contributed by atoms with Crippen molar-refractivity contribution in [2.45, 2.75) is 38.9 Å². The highest BCUT2D eigenvalue weighted by atomic mass is 79.9. The molecule has 52 heavy (non-hydrogen) atoms. The lowest BCUT2D eigenvalue weighted by molar-refractivity contribution is 0.00578. The Bertz CT molecular complexity index is 2320. The average Bonchev–Trinajstić information content (AvgIpc) is 3.72. The Labute approximate surface area is 307 Å². The molecule has 3 heterocycles. The number of amides is 2. The fraction of sp³-hybridized carbons (Fsp3) is 0.211. The van der Waals surface area contributed by atoms with Gasteiger partial charge in [0.15, 0.2) is 0 Å². The van der Waals surface area contributed by atoms with Crippen LogP contribution in [0.3, 0.4) is 0 Å². The molecule has 10 nitrogen and oxygen atoms in total. The zero-order valence-corrected chi connectivity index (χ0v) is 30.8. The molecule has 0 aliphatic carbocycles. The topological polar surface area (TPSA) is 155 Å². The third-order valence-corrected chi connectivity index (χ3v) is 10.0. The zero-order valence-electron chi connectivity index (χ0n) is 29.2. The first-order chi connectivity index (χ1) is 24.5. The molecular formula is C38H36BBrF2N4O6. The molecule has 7 rings (SSSR count). The first-order valence-corrected chi connectivity index (χ1v) is 17.0. The molecule has 1 aliphatic rings. The smallest absolute Gasteiger partial charge is 0.455 e. The minimum absolute atomic E-state index is 0.283. The average molecular weight is 773 g/mol. The van der Waals surface area contributed by atoms with E-state index in [1.165, 1.54) is 24.3 Å². The van der Waals surface area contributed by atoms with Gasteiger partial charge in [0.05, 0.1) is 22.3 Å². The maximum absolute atomic E-state index is 13.4. The fourth-order valence-corrected chi connectivity index (χ4v) is 6.14. The third-order valence-electron chi connectivity index (χ3n) is 9.33. The number of fused-ring (bicyclic) bond motifs is 2. The zero-order chi connectivity index (χ0) is 37.7. The number of hydrogen-bond acceptors (Lipinski definition) is 8. The van der Waals surface area contributed by atoms with E-state index >= 15 is 0 Å². The molecule has 0 spiro atoms. The number of furan rings is 2. The Balaban J connectivity index is 0.000000187. The molecular weight excluding hydrogens is 737 g/mol. The van der Waals surface area contributed by atoms with Crippen LogP contribution >= 0.6 is 15.9 Å². The van der Waals surface area contributed by atoms with Gasteiger partial charge in [0.25, 0.3) is 11.8 Å². The molecule has 0 unspecified atom stereocenters. The lowest BCUT2D eigenvalue weighted by Crippen LogP contribution is -2.41. The second-order valence-electron chi connectivity index (χ2n) is 13.2. The van der Waals surface area contributed by atoms with Crippen molar-refractivity contribution >= 4 is 73.6 Å².